The summed E-state index contributed by atoms with van der Waals surface area (Å²) < 4.78 is 2.26. The molecule has 1 aromatic heterocycles. The molecule has 1 fully saturated rings. The molecule has 3 heteroatoms. The number of aromatic nitrogens is 1. The summed E-state index contributed by atoms with van der Waals surface area (Å²) in [5, 5.41) is 0. The number of carbonyl (C=O) groups is 1. The fourth-order valence-corrected chi connectivity index (χ4v) is 4.12. The fourth-order valence-electron chi connectivity index (χ4n) is 4.12. The second kappa shape index (κ2) is 8.69. The van der Waals surface area contributed by atoms with Crippen LogP contribution in [0.1, 0.15) is 49.4 Å². The van der Waals surface area contributed by atoms with Crippen LogP contribution in [0.25, 0.3) is 0 Å². The predicted octanol–water partition coefficient (Wildman–Crippen LogP) is 5.47. The molecule has 2 aromatic carbocycles. The molecule has 1 heterocycles. The zero-order chi connectivity index (χ0) is 20.2. The Hall–Kier alpha value is -2.81. The van der Waals surface area contributed by atoms with E-state index in [9.17, 15) is 4.79 Å². The topological polar surface area (TPSA) is 25.2 Å². The Bertz CT molecular complexity index is 932. The summed E-state index contributed by atoms with van der Waals surface area (Å²) in [5.74, 6) is 0.816. The minimum Gasteiger partial charge on any atom is -0.345 e. The molecule has 2 unspecified atom stereocenters. The summed E-state index contributed by atoms with van der Waals surface area (Å²) in [6, 6.07) is 25.4. The summed E-state index contributed by atoms with van der Waals surface area (Å²) in [4.78, 5) is 15.5. The van der Waals surface area contributed by atoms with Crippen molar-refractivity contribution in [3.8, 4) is 0 Å². The van der Waals surface area contributed by atoms with Crippen LogP contribution in [0, 0.1) is 5.92 Å². The number of carbonyl (C=O) groups excluding carboxylic acids is 1. The lowest BCUT2D eigenvalue weighted by molar-refractivity contribution is -0.135. The number of amides is 1. The third-order valence-corrected chi connectivity index (χ3v) is 6.19. The zero-order valence-electron chi connectivity index (χ0n) is 17.4. The molecular weight excluding hydrogens is 356 g/mol. The van der Waals surface area contributed by atoms with Crippen LogP contribution in [-0.2, 0) is 17.9 Å². The van der Waals surface area contributed by atoms with Gasteiger partial charge in [-0.05, 0) is 48.9 Å². The highest BCUT2D eigenvalue weighted by Gasteiger charge is 2.46. The quantitative estimate of drug-likeness (QED) is 0.504. The van der Waals surface area contributed by atoms with E-state index in [-0.39, 0.29) is 12.0 Å². The van der Waals surface area contributed by atoms with Gasteiger partial charge >= 0.3 is 0 Å². The van der Waals surface area contributed by atoms with E-state index >= 15 is 0 Å². The number of hydrogen-bond donors (Lipinski definition) is 0. The van der Waals surface area contributed by atoms with Gasteiger partial charge in [-0.3, -0.25) is 4.79 Å². The van der Waals surface area contributed by atoms with Crippen molar-refractivity contribution in [3.05, 3.63) is 95.8 Å². The summed E-state index contributed by atoms with van der Waals surface area (Å²) >= 11 is 0. The molecule has 0 spiro atoms. The van der Waals surface area contributed by atoms with Crippen LogP contribution in [0.4, 0.5) is 0 Å². The maximum atomic E-state index is 13.4. The average Bonchev–Trinajstić information content (AvgIpc) is 3.46. The first-order valence-corrected chi connectivity index (χ1v) is 10.7. The van der Waals surface area contributed by atoms with Gasteiger partial charge < -0.3 is 9.47 Å². The summed E-state index contributed by atoms with van der Waals surface area (Å²) in [6.07, 6.45) is 4.06. The van der Waals surface area contributed by atoms with E-state index in [2.05, 4.69) is 90.2 Å². The maximum absolute atomic E-state index is 13.4. The fraction of sp³-hybridized carbons (Fsp3) is 0.346. The van der Waals surface area contributed by atoms with Gasteiger partial charge in [-0.25, -0.2) is 0 Å². The highest BCUT2D eigenvalue weighted by molar-refractivity contribution is 5.83. The standard InChI is InChI=1S/C26H30N2O/c1-3-20(2)28(26(29)25-17-24(25)22-13-8-5-9-14-22)19-23-15-10-16-27(23)18-21-11-6-4-7-12-21/h4-16,20,24-25H,3,17-19H2,1-2H3/t20?,24-,25?/m0/s1. The Morgan fingerprint density at radius 3 is 2.41 bits per heavy atom. The first-order valence-electron chi connectivity index (χ1n) is 10.7. The van der Waals surface area contributed by atoms with Gasteiger partial charge in [-0.1, -0.05) is 67.6 Å². The van der Waals surface area contributed by atoms with E-state index in [0.29, 0.717) is 18.4 Å². The lowest BCUT2D eigenvalue weighted by Gasteiger charge is -2.29. The molecule has 0 N–H and O–H groups in total. The van der Waals surface area contributed by atoms with Gasteiger partial charge in [0, 0.05) is 30.4 Å². The van der Waals surface area contributed by atoms with Crippen LogP contribution >= 0.6 is 0 Å². The van der Waals surface area contributed by atoms with Crippen LogP contribution < -0.4 is 0 Å². The van der Waals surface area contributed by atoms with Crippen molar-refractivity contribution in [2.75, 3.05) is 0 Å². The first-order chi connectivity index (χ1) is 14.2. The van der Waals surface area contributed by atoms with Gasteiger partial charge in [0.1, 0.15) is 0 Å². The van der Waals surface area contributed by atoms with E-state index in [0.717, 1.165) is 19.4 Å². The minimum absolute atomic E-state index is 0.129. The summed E-state index contributed by atoms with van der Waals surface area (Å²) in [7, 11) is 0. The Balaban J connectivity index is 1.49. The second-order valence-electron chi connectivity index (χ2n) is 8.20. The number of hydrogen-bond acceptors (Lipinski definition) is 1. The van der Waals surface area contributed by atoms with Crippen LogP contribution in [-0.4, -0.2) is 21.4 Å². The normalized spacial score (nSPS) is 19.0. The van der Waals surface area contributed by atoms with Crippen LogP contribution in [0.5, 0.6) is 0 Å². The molecule has 0 bridgehead atoms. The lowest BCUT2D eigenvalue weighted by Crippen LogP contribution is -2.39. The molecule has 150 valence electrons. The highest BCUT2D eigenvalue weighted by atomic mass is 16.2. The van der Waals surface area contributed by atoms with Crippen LogP contribution in [0.2, 0.25) is 0 Å². The van der Waals surface area contributed by atoms with Crippen molar-refractivity contribution in [1.82, 2.24) is 9.47 Å². The Morgan fingerprint density at radius 2 is 1.72 bits per heavy atom. The third kappa shape index (κ3) is 4.45. The maximum Gasteiger partial charge on any atom is 0.226 e. The molecule has 0 radical (unpaired) electrons. The smallest absolute Gasteiger partial charge is 0.226 e. The molecule has 3 atom stereocenters. The van der Waals surface area contributed by atoms with Gasteiger partial charge in [0.05, 0.1) is 6.54 Å². The minimum atomic E-state index is 0.129. The highest BCUT2D eigenvalue weighted by Crippen LogP contribution is 2.48. The lowest BCUT2D eigenvalue weighted by atomic mass is 10.1. The number of nitrogens with zero attached hydrogens (tertiary/aromatic N) is 2. The van der Waals surface area contributed by atoms with Gasteiger partial charge in [-0.2, -0.15) is 0 Å². The van der Waals surface area contributed by atoms with Crippen molar-refractivity contribution in [3.63, 3.8) is 0 Å². The van der Waals surface area contributed by atoms with E-state index < -0.39 is 0 Å². The predicted molar refractivity (Wildman–Crippen MR) is 118 cm³/mol. The monoisotopic (exact) mass is 386 g/mol. The molecule has 1 amide bonds. The van der Waals surface area contributed by atoms with Crippen molar-refractivity contribution in [2.45, 2.75) is 51.7 Å². The first kappa shape index (κ1) is 19.5. The summed E-state index contributed by atoms with van der Waals surface area (Å²) in [5.41, 5.74) is 3.76. The van der Waals surface area contributed by atoms with Gasteiger partial charge in [0.15, 0.2) is 0 Å². The van der Waals surface area contributed by atoms with Gasteiger partial charge in [0.25, 0.3) is 0 Å². The van der Waals surface area contributed by atoms with Crippen molar-refractivity contribution >= 4 is 5.91 Å². The molecule has 1 aliphatic carbocycles. The molecule has 0 aliphatic heterocycles. The molecular formula is C26H30N2O. The molecule has 3 aromatic rings. The molecule has 0 saturated heterocycles. The third-order valence-electron chi connectivity index (χ3n) is 6.19. The van der Waals surface area contributed by atoms with Crippen molar-refractivity contribution in [2.24, 2.45) is 5.92 Å². The van der Waals surface area contributed by atoms with E-state index in [4.69, 9.17) is 0 Å². The summed E-state index contributed by atoms with van der Waals surface area (Å²) in [6.45, 7) is 5.84. The number of rotatable bonds is 8. The molecule has 29 heavy (non-hydrogen) atoms. The van der Waals surface area contributed by atoms with Crippen LogP contribution in [0.3, 0.4) is 0 Å². The van der Waals surface area contributed by atoms with E-state index in [1.54, 1.807) is 0 Å². The SMILES string of the molecule is CCC(C)N(Cc1cccn1Cc1ccccc1)C(=O)C1C[C@H]1c1ccccc1. The Kier molecular flexibility index (Phi) is 5.84. The van der Waals surface area contributed by atoms with Gasteiger partial charge in [-0.15, -0.1) is 0 Å². The average molecular weight is 387 g/mol. The molecule has 3 nitrogen and oxygen atoms in total. The molecule has 1 saturated carbocycles. The number of benzene rings is 2. The van der Waals surface area contributed by atoms with Crippen molar-refractivity contribution in [1.29, 1.82) is 0 Å². The second-order valence-corrected chi connectivity index (χ2v) is 8.20. The van der Waals surface area contributed by atoms with E-state index in [1.165, 1.54) is 16.8 Å². The molecule has 4 rings (SSSR count). The van der Waals surface area contributed by atoms with E-state index in [1.807, 2.05) is 12.1 Å². The Labute approximate surface area is 174 Å². The Morgan fingerprint density at radius 1 is 1.03 bits per heavy atom. The largest absolute Gasteiger partial charge is 0.345 e. The van der Waals surface area contributed by atoms with Crippen LogP contribution in [0.15, 0.2) is 79.0 Å². The molecule has 1 aliphatic rings. The zero-order valence-corrected chi connectivity index (χ0v) is 17.4. The van der Waals surface area contributed by atoms with Gasteiger partial charge in [0.2, 0.25) is 5.91 Å². The van der Waals surface area contributed by atoms with Crippen molar-refractivity contribution < 1.29 is 4.79 Å².